The summed E-state index contributed by atoms with van der Waals surface area (Å²) in [6.07, 6.45) is 3.59. The molecule has 0 unspecified atom stereocenters. The lowest BCUT2D eigenvalue weighted by Gasteiger charge is -2.27. The first kappa shape index (κ1) is 16.5. The van der Waals surface area contributed by atoms with Gasteiger partial charge in [0.05, 0.1) is 11.8 Å². The number of amides is 2. The van der Waals surface area contributed by atoms with Crippen molar-refractivity contribution in [1.29, 1.82) is 0 Å². The lowest BCUT2D eigenvalue weighted by Crippen LogP contribution is -2.36. The van der Waals surface area contributed by atoms with Gasteiger partial charge < -0.3 is 15.3 Å². The maximum absolute atomic E-state index is 12.7. The molecule has 0 bridgehead atoms. The third-order valence-electron chi connectivity index (χ3n) is 4.82. The number of nitrogens with one attached hydrogen (secondary N) is 1. The number of piperidine rings is 1. The van der Waals surface area contributed by atoms with E-state index in [1.54, 1.807) is 12.1 Å². The van der Waals surface area contributed by atoms with Gasteiger partial charge in [0, 0.05) is 24.3 Å². The Hall–Kier alpha value is -2.37. The number of anilines is 1. The van der Waals surface area contributed by atoms with Crippen molar-refractivity contribution in [3.8, 4) is 0 Å². The number of nitrogens with zero attached hydrogens (tertiary/aromatic N) is 1. The molecule has 1 heterocycles. The van der Waals surface area contributed by atoms with Crippen LogP contribution < -0.4 is 5.32 Å². The Kier molecular flexibility index (Phi) is 4.55. The van der Waals surface area contributed by atoms with Crippen molar-refractivity contribution >= 4 is 23.5 Å². The predicted molar refractivity (Wildman–Crippen MR) is 88.8 cm³/mol. The molecule has 1 saturated carbocycles. The van der Waals surface area contributed by atoms with Crippen LogP contribution in [0.2, 0.25) is 0 Å². The summed E-state index contributed by atoms with van der Waals surface area (Å²) in [5.74, 6) is -2.27. The van der Waals surface area contributed by atoms with Crippen LogP contribution in [0.25, 0.3) is 0 Å². The van der Waals surface area contributed by atoms with Gasteiger partial charge in [-0.15, -0.1) is 0 Å². The summed E-state index contributed by atoms with van der Waals surface area (Å²) >= 11 is 0. The number of hydrogen-bond acceptors (Lipinski definition) is 3. The number of carboxylic acids is 1. The molecule has 128 valence electrons. The normalized spacial score (nSPS) is 22.8. The Morgan fingerprint density at radius 2 is 1.83 bits per heavy atom. The standard InChI is InChI=1S/C18H22N2O4/c1-11-5-6-12(19-16(21)14-10-15(14)18(23)24)9-13(11)17(22)20-7-3-2-4-8-20/h5-6,9,14-15H,2-4,7-8,10H2,1H3,(H,19,21)(H,23,24)/t14-,15+/m1/s1. The number of carboxylic acid groups (broad SMARTS) is 1. The van der Waals surface area contributed by atoms with E-state index in [2.05, 4.69) is 5.32 Å². The van der Waals surface area contributed by atoms with E-state index in [4.69, 9.17) is 5.11 Å². The average Bonchev–Trinajstić information content (AvgIpc) is 3.38. The van der Waals surface area contributed by atoms with Crippen LogP contribution in [0.3, 0.4) is 0 Å². The van der Waals surface area contributed by atoms with Crippen molar-refractivity contribution in [2.75, 3.05) is 18.4 Å². The molecule has 2 amide bonds. The Morgan fingerprint density at radius 3 is 2.46 bits per heavy atom. The van der Waals surface area contributed by atoms with E-state index in [9.17, 15) is 14.4 Å². The number of carbonyl (C=O) groups is 3. The van der Waals surface area contributed by atoms with Gasteiger partial charge in [0.2, 0.25) is 5.91 Å². The molecule has 1 aromatic rings. The van der Waals surface area contributed by atoms with Gasteiger partial charge in [-0.3, -0.25) is 14.4 Å². The molecule has 2 atom stereocenters. The quantitative estimate of drug-likeness (QED) is 0.887. The molecule has 0 spiro atoms. The number of aryl methyl sites for hydroxylation is 1. The van der Waals surface area contributed by atoms with Crippen molar-refractivity contribution < 1.29 is 19.5 Å². The van der Waals surface area contributed by atoms with Gasteiger partial charge in [0.1, 0.15) is 0 Å². The van der Waals surface area contributed by atoms with Crippen LogP contribution in [0.15, 0.2) is 18.2 Å². The molecule has 2 N–H and O–H groups in total. The highest BCUT2D eigenvalue weighted by atomic mass is 16.4. The van der Waals surface area contributed by atoms with E-state index in [-0.39, 0.29) is 11.8 Å². The van der Waals surface area contributed by atoms with Crippen LogP contribution in [0, 0.1) is 18.8 Å². The molecule has 0 aromatic heterocycles. The third-order valence-corrected chi connectivity index (χ3v) is 4.82. The van der Waals surface area contributed by atoms with E-state index < -0.39 is 17.8 Å². The van der Waals surface area contributed by atoms with Gasteiger partial charge in [-0.25, -0.2) is 0 Å². The summed E-state index contributed by atoms with van der Waals surface area (Å²) in [5, 5.41) is 11.6. The maximum Gasteiger partial charge on any atom is 0.307 e. The monoisotopic (exact) mass is 330 g/mol. The highest BCUT2D eigenvalue weighted by Crippen LogP contribution is 2.39. The van der Waals surface area contributed by atoms with Crippen LogP contribution >= 0.6 is 0 Å². The zero-order valence-corrected chi connectivity index (χ0v) is 13.7. The van der Waals surface area contributed by atoms with Crippen molar-refractivity contribution in [3.63, 3.8) is 0 Å². The molecule has 3 rings (SSSR count). The molecule has 6 nitrogen and oxygen atoms in total. The lowest BCUT2D eigenvalue weighted by atomic mass is 10.0. The number of rotatable bonds is 4. The minimum Gasteiger partial charge on any atom is -0.481 e. The molecular formula is C18H22N2O4. The summed E-state index contributed by atoms with van der Waals surface area (Å²) in [5.41, 5.74) is 2.01. The Balaban J connectivity index is 1.70. The van der Waals surface area contributed by atoms with E-state index in [0.717, 1.165) is 37.9 Å². The Bertz CT molecular complexity index is 680. The highest BCUT2D eigenvalue weighted by Gasteiger charge is 2.48. The van der Waals surface area contributed by atoms with E-state index >= 15 is 0 Å². The molecule has 1 aliphatic carbocycles. The number of aliphatic carboxylic acids is 1. The van der Waals surface area contributed by atoms with Gasteiger partial charge >= 0.3 is 5.97 Å². The van der Waals surface area contributed by atoms with Gasteiger partial charge in [-0.1, -0.05) is 6.07 Å². The zero-order valence-electron chi connectivity index (χ0n) is 13.7. The van der Waals surface area contributed by atoms with E-state index in [0.29, 0.717) is 17.7 Å². The first-order chi connectivity index (χ1) is 11.5. The number of benzene rings is 1. The fraction of sp³-hybridized carbons (Fsp3) is 0.500. The summed E-state index contributed by atoms with van der Waals surface area (Å²) in [7, 11) is 0. The Morgan fingerprint density at radius 1 is 1.12 bits per heavy atom. The topological polar surface area (TPSA) is 86.7 Å². The second kappa shape index (κ2) is 6.63. The van der Waals surface area contributed by atoms with Gasteiger partial charge in [0.25, 0.3) is 5.91 Å². The second-order valence-corrected chi connectivity index (χ2v) is 6.66. The van der Waals surface area contributed by atoms with Crippen molar-refractivity contribution in [2.24, 2.45) is 11.8 Å². The lowest BCUT2D eigenvalue weighted by molar-refractivity contribution is -0.139. The molecule has 6 heteroatoms. The molecule has 0 radical (unpaired) electrons. The minimum absolute atomic E-state index is 0.00173. The van der Waals surface area contributed by atoms with Gasteiger partial charge in [-0.2, -0.15) is 0 Å². The molecule has 1 aliphatic heterocycles. The summed E-state index contributed by atoms with van der Waals surface area (Å²) in [4.78, 5) is 37.5. The van der Waals surface area contributed by atoms with Crippen molar-refractivity contribution in [1.82, 2.24) is 4.90 Å². The van der Waals surface area contributed by atoms with Crippen LogP contribution in [0.4, 0.5) is 5.69 Å². The summed E-state index contributed by atoms with van der Waals surface area (Å²) < 4.78 is 0. The second-order valence-electron chi connectivity index (χ2n) is 6.66. The minimum atomic E-state index is -0.931. The van der Waals surface area contributed by atoms with Crippen LogP contribution in [-0.4, -0.2) is 40.9 Å². The average molecular weight is 330 g/mol. The fourth-order valence-corrected chi connectivity index (χ4v) is 3.19. The number of hydrogen-bond donors (Lipinski definition) is 2. The fourth-order valence-electron chi connectivity index (χ4n) is 3.19. The molecule has 1 saturated heterocycles. The van der Waals surface area contributed by atoms with Crippen molar-refractivity contribution in [3.05, 3.63) is 29.3 Å². The molecule has 2 fully saturated rings. The van der Waals surface area contributed by atoms with E-state index in [1.807, 2.05) is 17.9 Å². The summed E-state index contributed by atoms with van der Waals surface area (Å²) in [6, 6.07) is 5.26. The predicted octanol–water partition coefficient (Wildman–Crippen LogP) is 2.28. The first-order valence-corrected chi connectivity index (χ1v) is 8.41. The first-order valence-electron chi connectivity index (χ1n) is 8.41. The van der Waals surface area contributed by atoms with E-state index in [1.165, 1.54) is 0 Å². The maximum atomic E-state index is 12.7. The van der Waals surface area contributed by atoms with Crippen LogP contribution in [0.1, 0.15) is 41.6 Å². The van der Waals surface area contributed by atoms with Gasteiger partial charge in [0.15, 0.2) is 0 Å². The zero-order chi connectivity index (χ0) is 17.3. The van der Waals surface area contributed by atoms with Crippen LogP contribution in [0.5, 0.6) is 0 Å². The third kappa shape index (κ3) is 3.42. The number of carbonyl (C=O) groups excluding carboxylic acids is 2. The molecule has 1 aromatic carbocycles. The Labute approximate surface area is 140 Å². The van der Waals surface area contributed by atoms with Gasteiger partial charge in [-0.05, 0) is 50.3 Å². The largest absolute Gasteiger partial charge is 0.481 e. The number of likely N-dealkylation sites (tertiary alicyclic amines) is 1. The smallest absolute Gasteiger partial charge is 0.307 e. The molecular weight excluding hydrogens is 308 g/mol. The van der Waals surface area contributed by atoms with Crippen LogP contribution in [-0.2, 0) is 9.59 Å². The SMILES string of the molecule is Cc1ccc(NC(=O)[C@@H]2C[C@@H]2C(=O)O)cc1C(=O)N1CCCCC1. The molecule has 2 aliphatic rings. The summed E-state index contributed by atoms with van der Waals surface area (Å²) in [6.45, 7) is 3.43. The van der Waals surface area contributed by atoms with Crippen molar-refractivity contribution in [2.45, 2.75) is 32.6 Å². The molecule has 24 heavy (non-hydrogen) atoms. The highest BCUT2D eigenvalue weighted by molar-refractivity contribution is 6.00.